The SMILES string of the molecule is Cc1ccc(CN)nc1.O=C1C=C(N2CC2)C(=O)C(N2CC2)=C1N1CC1. The zero-order valence-corrected chi connectivity index (χ0v) is 14.9. The van der Waals surface area contributed by atoms with Crippen LogP contribution in [0.25, 0.3) is 0 Å². The van der Waals surface area contributed by atoms with Crippen molar-refractivity contribution in [1.82, 2.24) is 19.7 Å². The van der Waals surface area contributed by atoms with Gasteiger partial charge in [-0.05, 0) is 18.6 Å². The lowest BCUT2D eigenvalue weighted by Crippen LogP contribution is -2.29. The van der Waals surface area contributed by atoms with Gasteiger partial charge in [-0.2, -0.15) is 0 Å². The van der Waals surface area contributed by atoms with Crippen LogP contribution < -0.4 is 5.73 Å². The van der Waals surface area contributed by atoms with Gasteiger partial charge >= 0.3 is 0 Å². The van der Waals surface area contributed by atoms with Crippen molar-refractivity contribution in [2.24, 2.45) is 5.73 Å². The molecular weight excluding hydrogens is 330 g/mol. The van der Waals surface area contributed by atoms with E-state index in [1.54, 1.807) is 0 Å². The van der Waals surface area contributed by atoms with Gasteiger partial charge < -0.3 is 20.4 Å². The largest absolute Gasteiger partial charge is 0.365 e. The van der Waals surface area contributed by atoms with Crippen molar-refractivity contribution in [3.8, 4) is 0 Å². The number of nitrogens with zero attached hydrogens (tertiary/aromatic N) is 4. The third-order valence-corrected chi connectivity index (χ3v) is 4.67. The fourth-order valence-corrected chi connectivity index (χ4v) is 2.89. The molecule has 1 aromatic rings. The Morgan fingerprint density at radius 3 is 2.08 bits per heavy atom. The first-order valence-corrected chi connectivity index (χ1v) is 9.00. The number of hydrogen-bond donors (Lipinski definition) is 1. The van der Waals surface area contributed by atoms with Crippen LogP contribution in [0.1, 0.15) is 11.3 Å². The molecule has 7 nitrogen and oxygen atoms in total. The van der Waals surface area contributed by atoms with E-state index in [9.17, 15) is 9.59 Å². The van der Waals surface area contributed by atoms with Gasteiger partial charge in [-0.3, -0.25) is 14.6 Å². The summed E-state index contributed by atoms with van der Waals surface area (Å²) in [5, 5.41) is 0. The fourth-order valence-electron chi connectivity index (χ4n) is 2.89. The summed E-state index contributed by atoms with van der Waals surface area (Å²) >= 11 is 0. The number of hydrogen-bond acceptors (Lipinski definition) is 7. The number of ketones is 2. The van der Waals surface area contributed by atoms with E-state index in [4.69, 9.17) is 5.73 Å². The summed E-state index contributed by atoms with van der Waals surface area (Å²) in [6.45, 7) is 7.94. The van der Waals surface area contributed by atoms with E-state index in [0.717, 1.165) is 45.0 Å². The second-order valence-electron chi connectivity index (χ2n) is 6.91. The third kappa shape index (κ3) is 3.48. The Kier molecular flexibility index (Phi) is 4.24. The third-order valence-electron chi connectivity index (χ3n) is 4.67. The fraction of sp³-hybridized carbons (Fsp3) is 0.421. The van der Waals surface area contributed by atoms with Crippen LogP contribution in [-0.2, 0) is 16.1 Å². The van der Waals surface area contributed by atoms with Crippen molar-refractivity contribution >= 4 is 11.6 Å². The molecule has 4 aliphatic rings. The molecule has 3 aliphatic heterocycles. The molecule has 26 heavy (non-hydrogen) atoms. The van der Waals surface area contributed by atoms with E-state index in [-0.39, 0.29) is 11.6 Å². The van der Waals surface area contributed by atoms with Gasteiger partial charge in [-0.25, -0.2) is 0 Å². The minimum atomic E-state index is 0.00546. The molecule has 0 aromatic carbocycles. The predicted molar refractivity (Wildman–Crippen MR) is 96.7 cm³/mol. The first-order chi connectivity index (χ1) is 12.6. The maximum atomic E-state index is 12.4. The van der Waals surface area contributed by atoms with Crippen LogP contribution in [-0.4, -0.2) is 70.5 Å². The Bertz CT molecular complexity index is 800. The Balaban J connectivity index is 0.000000160. The predicted octanol–water partition coefficient (Wildman–Crippen LogP) is 0.0292. The molecular formula is C19H23N5O2. The number of rotatable bonds is 4. The van der Waals surface area contributed by atoms with Gasteiger partial charge in [0.1, 0.15) is 11.4 Å². The molecule has 0 spiro atoms. The van der Waals surface area contributed by atoms with Gasteiger partial charge in [-0.15, -0.1) is 0 Å². The van der Waals surface area contributed by atoms with Gasteiger partial charge in [0.15, 0.2) is 0 Å². The number of carbonyl (C=O) groups is 2. The summed E-state index contributed by atoms with van der Waals surface area (Å²) in [6, 6.07) is 3.95. The van der Waals surface area contributed by atoms with Crippen LogP contribution in [0.5, 0.6) is 0 Å². The quantitative estimate of drug-likeness (QED) is 0.604. The van der Waals surface area contributed by atoms with Crippen LogP contribution >= 0.6 is 0 Å². The van der Waals surface area contributed by atoms with E-state index in [1.807, 2.05) is 40.0 Å². The van der Waals surface area contributed by atoms with Crippen molar-refractivity contribution in [2.75, 3.05) is 39.3 Å². The molecule has 0 saturated carbocycles. The monoisotopic (exact) mass is 353 g/mol. The minimum absolute atomic E-state index is 0.00546. The summed E-state index contributed by atoms with van der Waals surface area (Å²) in [7, 11) is 0. The van der Waals surface area contributed by atoms with Crippen LogP contribution in [0.4, 0.5) is 0 Å². The molecule has 136 valence electrons. The van der Waals surface area contributed by atoms with Gasteiger partial charge in [0.2, 0.25) is 11.6 Å². The van der Waals surface area contributed by atoms with E-state index in [0.29, 0.717) is 23.6 Å². The lowest BCUT2D eigenvalue weighted by Gasteiger charge is -2.21. The molecule has 1 aliphatic carbocycles. The maximum absolute atomic E-state index is 12.4. The number of carbonyl (C=O) groups excluding carboxylic acids is 2. The van der Waals surface area contributed by atoms with E-state index in [1.165, 1.54) is 11.6 Å². The summed E-state index contributed by atoms with van der Waals surface area (Å²) in [6.07, 6.45) is 3.35. The van der Waals surface area contributed by atoms with E-state index < -0.39 is 0 Å². The molecule has 2 N–H and O–H groups in total. The first kappa shape index (κ1) is 16.8. The molecule has 3 fully saturated rings. The summed E-state index contributed by atoms with van der Waals surface area (Å²) in [4.78, 5) is 34.5. The normalized spacial score (nSPS) is 20.7. The van der Waals surface area contributed by atoms with Crippen molar-refractivity contribution in [2.45, 2.75) is 13.5 Å². The smallest absolute Gasteiger partial charge is 0.227 e. The molecule has 7 heteroatoms. The van der Waals surface area contributed by atoms with Gasteiger partial charge in [0, 0.05) is 58.1 Å². The molecule has 4 heterocycles. The molecule has 1 aromatic heterocycles. The molecule has 3 saturated heterocycles. The molecule has 5 rings (SSSR count). The highest BCUT2D eigenvalue weighted by Gasteiger charge is 2.43. The highest BCUT2D eigenvalue weighted by atomic mass is 16.1. The van der Waals surface area contributed by atoms with Gasteiger partial charge in [0.05, 0.1) is 11.4 Å². The van der Waals surface area contributed by atoms with Crippen LogP contribution in [0.15, 0.2) is 41.5 Å². The van der Waals surface area contributed by atoms with Crippen LogP contribution in [0, 0.1) is 6.92 Å². The number of pyridine rings is 1. The van der Waals surface area contributed by atoms with Crippen LogP contribution in [0.2, 0.25) is 0 Å². The number of allylic oxidation sites excluding steroid dienone is 1. The molecule has 0 amide bonds. The lowest BCUT2D eigenvalue weighted by molar-refractivity contribution is -0.117. The van der Waals surface area contributed by atoms with Crippen LogP contribution in [0.3, 0.4) is 0 Å². The Labute approximate surface area is 152 Å². The summed E-state index contributed by atoms with van der Waals surface area (Å²) in [5.41, 5.74) is 9.34. The molecule has 0 radical (unpaired) electrons. The highest BCUT2D eigenvalue weighted by Crippen LogP contribution is 2.33. The molecule has 0 unspecified atom stereocenters. The second-order valence-corrected chi connectivity index (χ2v) is 6.91. The van der Waals surface area contributed by atoms with Crippen molar-refractivity contribution in [3.05, 3.63) is 52.8 Å². The first-order valence-electron chi connectivity index (χ1n) is 9.00. The average Bonchev–Trinajstić information content (AvgIpc) is 3.50. The number of nitrogens with two attached hydrogens (primary N) is 1. The summed E-state index contributed by atoms with van der Waals surface area (Å²) < 4.78 is 0. The van der Waals surface area contributed by atoms with E-state index >= 15 is 0 Å². The van der Waals surface area contributed by atoms with Gasteiger partial charge in [-0.1, -0.05) is 6.07 Å². The molecule has 0 bridgehead atoms. The van der Waals surface area contributed by atoms with E-state index in [2.05, 4.69) is 4.98 Å². The highest BCUT2D eigenvalue weighted by molar-refractivity contribution is 6.22. The number of aromatic nitrogens is 1. The minimum Gasteiger partial charge on any atom is -0.365 e. The van der Waals surface area contributed by atoms with Crippen molar-refractivity contribution in [1.29, 1.82) is 0 Å². The lowest BCUT2D eigenvalue weighted by atomic mass is 10.0. The Hall–Kier alpha value is -2.67. The molecule has 0 atom stereocenters. The topological polar surface area (TPSA) is 82.1 Å². The number of aryl methyl sites for hydroxylation is 1. The summed E-state index contributed by atoms with van der Waals surface area (Å²) in [5.74, 6) is 0.0485. The standard InChI is InChI=1S/C12H13N3O2.C7H10N2/c16-9-7-8(13-1-2-13)12(17)11(15-5-6-15)10(9)14-3-4-14;1-6-2-3-7(4-8)9-5-6/h7H,1-6H2;2-3,5H,4,8H2,1H3. The van der Waals surface area contributed by atoms with Crippen molar-refractivity contribution < 1.29 is 9.59 Å². The zero-order chi connectivity index (χ0) is 18.3. The maximum Gasteiger partial charge on any atom is 0.227 e. The average molecular weight is 353 g/mol. The van der Waals surface area contributed by atoms with Gasteiger partial charge in [0.25, 0.3) is 0 Å². The van der Waals surface area contributed by atoms with Crippen molar-refractivity contribution in [3.63, 3.8) is 0 Å². The Morgan fingerprint density at radius 1 is 0.962 bits per heavy atom. The zero-order valence-electron chi connectivity index (χ0n) is 14.9. The number of Topliss-reactive ketones (excluding diaryl/α,β-unsaturated/α-hetero) is 1. The second kappa shape index (κ2) is 6.57. The Morgan fingerprint density at radius 2 is 1.58 bits per heavy atom.